The fourth-order valence-corrected chi connectivity index (χ4v) is 5.36. The molecule has 3 aromatic carbocycles. The Morgan fingerprint density at radius 1 is 0.947 bits per heavy atom. The van der Waals surface area contributed by atoms with E-state index in [4.69, 9.17) is 0 Å². The average molecular weight is 648 g/mol. The number of benzene rings is 3. The Labute approximate surface area is 239 Å². The van der Waals surface area contributed by atoms with Crippen molar-refractivity contribution in [2.75, 3.05) is 23.7 Å². The van der Waals surface area contributed by atoms with Crippen LogP contribution in [-0.4, -0.2) is 50.5 Å². The standard InChI is InChI=1S/C29H34IN3O4S/c1-4-17-31-29(35)27(19-23-10-6-5-7-11-23)32(20-24-12-8-9-22(2)18-24)28(34)21-33(38(3,36)37)26-15-13-25(30)14-16-26/h5-16,18,27H,4,17,19-21H2,1-3H3,(H,31,35). The molecule has 0 aliphatic carbocycles. The van der Waals surface area contributed by atoms with Gasteiger partial charge in [-0.25, -0.2) is 8.42 Å². The van der Waals surface area contributed by atoms with Gasteiger partial charge in [-0.3, -0.25) is 13.9 Å². The molecule has 1 atom stereocenters. The average Bonchev–Trinajstić information content (AvgIpc) is 2.88. The molecule has 3 aromatic rings. The molecule has 1 N–H and O–H groups in total. The Morgan fingerprint density at radius 3 is 2.21 bits per heavy atom. The number of nitrogens with zero attached hydrogens (tertiary/aromatic N) is 2. The maximum absolute atomic E-state index is 14.0. The van der Waals surface area contributed by atoms with Crippen LogP contribution in [0.15, 0.2) is 78.9 Å². The topological polar surface area (TPSA) is 86.8 Å². The number of carbonyl (C=O) groups excluding carboxylic acids is 2. The number of amides is 2. The highest BCUT2D eigenvalue weighted by atomic mass is 127. The fourth-order valence-electron chi connectivity index (χ4n) is 4.15. The molecule has 0 fully saturated rings. The number of aryl methyl sites for hydroxylation is 1. The third-order valence-corrected chi connectivity index (χ3v) is 7.91. The van der Waals surface area contributed by atoms with Crippen molar-refractivity contribution in [1.29, 1.82) is 0 Å². The zero-order valence-electron chi connectivity index (χ0n) is 21.9. The minimum absolute atomic E-state index is 0.169. The highest BCUT2D eigenvalue weighted by Gasteiger charge is 2.32. The summed E-state index contributed by atoms with van der Waals surface area (Å²) in [4.78, 5) is 29.0. The molecule has 1 unspecified atom stereocenters. The molecule has 0 spiro atoms. The highest BCUT2D eigenvalue weighted by Crippen LogP contribution is 2.21. The Bertz CT molecular complexity index is 1330. The second-order valence-corrected chi connectivity index (χ2v) is 12.4. The summed E-state index contributed by atoms with van der Waals surface area (Å²) < 4.78 is 27.6. The van der Waals surface area contributed by atoms with Crippen molar-refractivity contribution in [3.8, 4) is 0 Å². The van der Waals surface area contributed by atoms with E-state index < -0.39 is 28.5 Å². The molecule has 0 aliphatic heterocycles. The third-order valence-electron chi connectivity index (χ3n) is 6.05. The van der Waals surface area contributed by atoms with Crippen LogP contribution in [0.2, 0.25) is 0 Å². The van der Waals surface area contributed by atoms with Crippen LogP contribution < -0.4 is 9.62 Å². The first-order chi connectivity index (χ1) is 18.1. The van der Waals surface area contributed by atoms with Crippen LogP contribution in [0.25, 0.3) is 0 Å². The number of nitrogens with one attached hydrogen (secondary N) is 1. The van der Waals surface area contributed by atoms with Crippen molar-refractivity contribution in [3.63, 3.8) is 0 Å². The number of sulfonamides is 1. The van der Waals surface area contributed by atoms with Crippen LogP contribution in [0.5, 0.6) is 0 Å². The van der Waals surface area contributed by atoms with Crippen molar-refractivity contribution >= 4 is 50.1 Å². The SMILES string of the molecule is CCCNC(=O)C(Cc1ccccc1)N(Cc1cccc(C)c1)C(=O)CN(c1ccc(I)cc1)S(C)(=O)=O. The minimum Gasteiger partial charge on any atom is -0.354 e. The largest absolute Gasteiger partial charge is 0.354 e. The van der Waals surface area contributed by atoms with Gasteiger partial charge in [0.25, 0.3) is 0 Å². The number of hydrogen-bond donors (Lipinski definition) is 1. The predicted molar refractivity (Wildman–Crippen MR) is 160 cm³/mol. The summed E-state index contributed by atoms with van der Waals surface area (Å²) in [5.74, 6) is -0.722. The number of halogens is 1. The van der Waals surface area contributed by atoms with Gasteiger partial charge in [0.05, 0.1) is 11.9 Å². The smallest absolute Gasteiger partial charge is 0.244 e. The Balaban J connectivity index is 2.03. The second kappa shape index (κ2) is 13.7. The van der Waals surface area contributed by atoms with Gasteiger partial charge in [0.1, 0.15) is 12.6 Å². The molecule has 9 heteroatoms. The Hall–Kier alpha value is -2.92. The Kier molecular flexibility index (Phi) is 10.7. The lowest BCUT2D eigenvalue weighted by molar-refractivity contribution is -0.140. The van der Waals surface area contributed by atoms with Crippen molar-refractivity contribution in [2.24, 2.45) is 0 Å². The molecule has 202 valence electrons. The lowest BCUT2D eigenvalue weighted by atomic mass is 10.0. The van der Waals surface area contributed by atoms with E-state index in [1.165, 1.54) is 4.90 Å². The van der Waals surface area contributed by atoms with Crippen LogP contribution in [0.4, 0.5) is 5.69 Å². The summed E-state index contributed by atoms with van der Waals surface area (Å²) in [6.45, 7) is 4.16. The molecule has 0 saturated carbocycles. The Morgan fingerprint density at radius 2 is 1.61 bits per heavy atom. The van der Waals surface area contributed by atoms with Crippen molar-refractivity contribution in [1.82, 2.24) is 10.2 Å². The fraction of sp³-hybridized carbons (Fsp3) is 0.310. The lowest BCUT2D eigenvalue weighted by Crippen LogP contribution is -2.53. The van der Waals surface area contributed by atoms with Crippen LogP contribution in [-0.2, 0) is 32.6 Å². The van der Waals surface area contributed by atoms with E-state index >= 15 is 0 Å². The van der Waals surface area contributed by atoms with Gasteiger partial charge in [-0.05, 0) is 71.3 Å². The van der Waals surface area contributed by atoms with Gasteiger partial charge in [-0.1, -0.05) is 67.1 Å². The highest BCUT2D eigenvalue weighted by molar-refractivity contribution is 14.1. The molecule has 2 amide bonds. The first kappa shape index (κ1) is 29.6. The van der Waals surface area contributed by atoms with Gasteiger partial charge < -0.3 is 10.2 Å². The molecule has 0 bridgehead atoms. The third kappa shape index (κ3) is 8.56. The van der Waals surface area contributed by atoms with Crippen LogP contribution in [0, 0.1) is 10.5 Å². The zero-order valence-corrected chi connectivity index (χ0v) is 24.9. The maximum atomic E-state index is 14.0. The van der Waals surface area contributed by atoms with Gasteiger partial charge in [-0.15, -0.1) is 0 Å². The van der Waals surface area contributed by atoms with Crippen LogP contribution in [0.1, 0.15) is 30.0 Å². The zero-order chi connectivity index (χ0) is 27.7. The van der Waals surface area contributed by atoms with E-state index in [0.29, 0.717) is 18.7 Å². The summed E-state index contributed by atoms with van der Waals surface area (Å²) in [6.07, 6.45) is 2.14. The van der Waals surface area contributed by atoms with E-state index in [1.54, 1.807) is 24.3 Å². The quantitative estimate of drug-likeness (QED) is 0.293. The summed E-state index contributed by atoms with van der Waals surface area (Å²) in [6, 6.07) is 23.4. The molecule has 0 heterocycles. The van der Waals surface area contributed by atoms with E-state index in [2.05, 4.69) is 27.9 Å². The molecule has 7 nitrogen and oxygen atoms in total. The first-order valence-corrected chi connectivity index (χ1v) is 15.4. The molecular weight excluding hydrogens is 613 g/mol. The number of carbonyl (C=O) groups is 2. The van der Waals surface area contributed by atoms with Gasteiger partial charge >= 0.3 is 0 Å². The lowest BCUT2D eigenvalue weighted by Gasteiger charge is -2.33. The minimum atomic E-state index is -3.78. The van der Waals surface area contributed by atoms with Crippen LogP contribution >= 0.6 is 22.6 Å². The van der Waals surface area contributed by atoms with Crippen molar-refractivity contribution in [3.05, 3.63) is 99.1 Å². The normalized spacial score (nSPS) is 12.0. The summed E-state index contributed by atoms with van der Waals surface area (Å²) in [5.41, 5.74) is 3.19. The first-order valence-electron chi connectivity index (χ1n) is 12.5. The molecule has 0 saturated heterocycles. The van der Waals surface area contributed by atoms with Crippen LogP contribution in [0.3, 0.4) is 0 Å². The summed E-state index contributed by atoms with van der Waals surface area (Å²) in [7, 11) is -3.78. The van der Waals surface area contributed by atoms with E-state index in [-0.39, 0.29) is 12.5 Å². The molecule has 3 rings (SSSR count). The summed E-state index contributed by atoms with van der Waals surface area (Å²) >= 11 is 2.14. The van der Waals surface area contributed by atoms with Gasteiger partial charge in [0, 0.05) is 23.1 Å². The molecule has 0 aromatic heterocycles. The number of rotatable bonds is 12. The van der Waals surface area contributed by atoms with Gasteiger partial charge in [0.15, 0.2) is 0 Å². The molecule has 0 aliphatic rings. The number of hydrogen-bond acceptors (Lipinski definition) is 4. The van der Waals surface area contributed by atoms with Crippen molar-refractivity contribution < 1.29 is 18.0 Å². The van der Waals surface area contributed by atoms with E-state index in [0.717, 1.165) is 37.2 Å². The second-order valence-electron chi connectivity index (χ2n) is 9.25. The maximum Gasteiger partial charge on any atom is 0.244 e. The van der Waals surface area contributed by atoms with E-state index in [1.807, 2.05) is 68.4 Å². The monoisotopic (exact) mass is 647 g/mol. The van der Waals surface area contributed by atoms with Crippen molar-refractivity contribution in [2.45, 2.75) is 39.3 Å². The molecule has 0 radical (unpaired) electrons. The van der Waals surface area contributed by atoms with Gasteiger partial charge in [0.2, 0.25) is 21.8 Å². The number of anilines is 1. The molecular formula is C29H34IN3O4S. The summed E-state index contributed by atoms with van der Waals surface area (Å²) in [5, 5.41) is 2.94. The molecule has 38 heavy (non-hydrogen) atoms. The van der Waals surface area contributed by atoms with Gasteiger partial charge in [-0.2, -0.15) is 0 Å². The predicted octanol–water partition coefficient (Wildman–Crippen LogP) is 4.53. The van der Waals surface area contributed by atoms with E-state index in [9.17, 15) is 18.0 Å².